The number of halogens is 2. The minimum absolute atomic E-state index is 0.160. The number of carbonyl (C=O) groups excluding carboxylic acids is 1. The average molecular weight is 444 g/mol. The molecule has 6 heteroatoms. The highest BCUT2D eigenvalue weighted by Gasteiger charge is 2.14. The molecule has 0 radical (unpaired) electrons. The Morgan fingerprint density at radius 2 is 1.73 bits per heavy atom. The van der Waals surface area contributed by atoms with Crippen LogP contribution in [0.1, 0.15) is 41.4 Å². The largest absolute Gasteiger partial charge is 0.493 e. The molecule has 156 valence electrons. The molecule has 3 rings (SSSR count). The lowest BCUT2D eigenvalue weighted by atomic mass is 10.1. The van der Waals surface area contributed by atoms with E-state index in [1.165, 1.54) is 0 Å². The van der Waals surface area contributed by atoms with E-state index in [1.807, 2.05) is 50.2 Å². The van der Waals surface area contributed by atoms with Crippen LogP contribution in [0, 0.1) is 0 Å². The van der Waals surface area contributed by atoms with E-state index in [2.05, 4.69) is 5.32 Å². The Morgan fingerprint density at radius 1 is 0.967 bits per heavy atom. The molecule has 1 N–H and O–H groups in total. The number of amides is 1. The van der Waals surface area contributed by atoms with E-state index >= 15 is 0 Å². The third-order valence-corrected chi connectivity index (χ3v) is 5.02. The number of hydrogen-bond acceptors (Lipinski definition) is 3. The molecule has 1 atom stereocenters. The predicted octanol–water partition coefficient (Wildman–Crippen LogP) is 6.46. The zero-order valence-corrected chi connectivity index (χ0v) is 18.3. The monoisotopic (exact) mass is 443 g/mol. The van der Waals surface area contributed by atoms with Gasteiger partial charge in [0.15, 0.2) is 0 Å². The zero-order valence-electron chi connectivity index (χ0n) is 16.8. The van der Waals surface area contributed by atoms with Gasteiger partial charge in [-0.1, -0.05) is 41.4 Å². The number of hydrogen-bond donors (Lipinski definition) is 1. The summed E-state index contributed by atoms with van der Waals surface area (Å²) in [5.74, 6) is 1.16. The van der Waals surface area contributed by atoms with Gasteiger partial charge in [-0.15, -0.1) is 0 Å². The maximum Gasteiger partial charge on any atom is 0.251 e. The summed E-state index contributed by atoms with van der Waals surface area (Å²) in [5.41, 5.74) is 2.29. The van der Waals surface area contributed by atoms with Crippen molar-refractivity contribution in [3.05, 3.63) is 93.5 Å². The fourth-order valence-corrected chi connectivity index (χ4v) is 3.27. The molecule has 3 aromatic rings. The van der Waals surface area contributed by atoms with Gasteiger partial charge in [-0.2, -0.15) is 0 Å². The van der Waals surface area contributed by atoms with Crippen molar-refractivity contribution in [3.63, 3.8) is 0 Å². The number of carbonyl (C=O) groups is 1. The first-order valence-electron chi connectivity index (χ1n) is 9.66. The van der Waals surface area contributed by atoms with Crippen LogP contribution in [-0.4, -0.2) is 12.5 Å². The lowest BCUT2D eigenvalue weighted by Gasteiger charge is -2.16. The van der Waals surface area contributed by atoms with E-state index in [9.17, 15) is 4.79 Å². The van der Waals surface area contributed by atoms with Crippen LogP contribution in [0.15, 0.2) is 66.7 Å². The molecule has 0 bridgehead atoms. The fraction of sp³-hybridized carbons (Fsp3) is 0.208. The van der Waals surface area contributed by atoms with E-state index < -0.39 is 0 Å². The van der Waals surface area contributed by atoms with Crippen molar-refractivity contribution in [2.24, 2.45) is 0 Å². The Hall–Kier alpha value is -2.69. The van der Waals surface area contributed by atoms with Crippen molar-refractivity contribution in [1.29, 1.82) is 0 Å². The van der Waals surface area contributed by atoms with Crippen molar-refractivity contribution < 1.29 is 14.3 Å². The van der Waals surface area contributed by atoms with Crippen molar-refractivity contribution >= 4 is 29.1 Å². The first-order chi connectivity index (χ1) is 14.5. The molecule has 4 nitrogen and oxygen atoms in total. The number of nitrogens with one attached hydrogen (secondary N) is 1. The summed E-state index contributed by atoms with van der Waals surface area (Å²) in [7, 11) is 0. The Labute approximate surface area is 186 Å². The van der Waals surface area contributed by atoms with Crippen molar-refractivity contribution in [1.82, 2.24) is 5.32 Å². The molecule has 0 aliphatic carbocycles. The summed E-state index contributed by atoms with van der Waals surface area (Å²) in [5, 5.41) is 4.27. The first kappa shape index (κ1) is 22.0. The van der Waals surface area contributed by atoms with Crippen molar-refractivity contribution in [3.8, 4) is 11.5 Å². The van der Waals surface area contributed by atoms with Gasteiger partial charge in [0.05, 0.1) is 12.6 Å². The summed E-state index contributed by atoms with van der Waals surface area (Å²) in [4.78, 5) is 12.8. The minimum Gasteiger partial charge on any atom is -0.493 e. The van der Waals surface area contributed by atoms with Crippen LogP contribution >= 0.6 is 23.2 Å². The van der Waals surface area contributed by atoms with Gasteiger partial charge in [0.1, 0.15) is 18.1 Å². The lowest BCUT2D eigenvalue weighted by molar-refractivity contribution is 0.0939. The molecule has 0 aromatic heterocycles. The smallest absolute Gasteiger partial charge is 0.251 e. The van der Waals surface area contributed by atoms with Crippen molar-refractivity contribution in [2.45, 2.75) is 26.5 Å². The van der Waals surface area contributed by atoms with Gasteiger partial charge in [0.25, 0.3) is 5.91 Å². The van der Waals surface area contributed by atoms with Crippen LogP contribution in [-0.2, 0) is 6.61 Å². The van der Waals surface area contributed by atoms with E-state index in [-0.39, 0.29) is 18.6 Å². The molecule has 0 saturated heterocycles. The summed E-state index contributed by atoms with van der Waals surface area (Å²) in [6.07, 6.45) is 0. The maximum absolute atomic E-state index is 12.8. The van der Waals surface area contributed by atoms with Crippen molar-refractivity contribution in [2.75, 3.05) is 6.61 Å². The highest BCUT2D eigenvalue weighted by molar-refractivity contribution is 6.30. The number of rotatable bonds is 8. The molecule has 0 spiro atoms. The highest BCUT2D eigenvalue weighted by atomic mass is 35.5. The lowest BCUT2D eigenvalue weighted by Crippen LogP contribution is -2.26. The van der Waals surface area contributed by atoms with Crippen LogP contribution in [0.5, 0.6) is 11.5 Å². The topological polar surface area (TPSA) is 47.6 Å². The molecule has 30 heavy (non-hydrogen) atoms. The second kappa shape index (κ2) is 10.4. The molecule has 0 aliphatic rings. The molecule has 0 saturated carbocycles. The Kier molecular flexibility index (Phi) is 7.61. The van der Waals surface area contributed by atoms with Crippen LogP contribution < -0.4 is 14.8 Å². The van der Waals surface area contributed by atoms with Gasteiger partial charge in [-0.3, -0.25) is 4.79 Å². The van der Waals surface area contributed by atoms with E-state index in [1.54, 1.807) is 30.3 Å². The van der Waals surface area contributed by atoms with Gasteiger partial charge in [-0.05, 0) is 67.9 Å². The second-order valence-corrected chi connectivity index (χ2v) is 7.62. The summed E-state index contributed by atoms with van der Waals surface area (Å²) >= 11 is 12.0. The van der Waals surface area contributed by atoms with Crippen LogP contribution in [0.4, 0.5) is 0 Å². The van der Waals surface area contributed by atoms with Crippen LogP contribution in [0.3, 0.4) is 0 Å². The van der Waals surface area contributed by atoms with Gasteiger partial charge in [0, 0.05) is 21.2 Å². The quantitative estimate of drug-likeness (QED) is 0.434. The standard InChI is InChI=1S/C24H23Cl2NO3/c1-3-29-23-12-9-18(13-19(23)15-30-22-6-4-5-21(26)14-22)24(28)27-16(2)17-7-10-20(25)11-8-17/h4-14,16H,3,15H2,1-2H3,(H,27,28)/t16-/m1/s1. The molecule has 0 unspecified atom stereocenters. The summed E-state index contributed by atoms with van der Waals surface area (Å²) in [6, 6.07) is 19.8. The molecule has 1 amide bonds. The van der Waals surface area contributed by atoms with Gasteiger partial charge in [-0.25, -0.2) is 0 Å². The molecule has 3 aromatic carbocycles. The minimum atomic E-state index is -0.176. The fourth-order valence-electron chi connectivity index (χ4n) is 2.96. The number of benzene rings is 3. The Morgan fingerprint density at radius 3 is 2.43 bits per heavy atom. The van der Waals surface area contributed by atoms with Gasteiger partial charge < -0.3 is 14.8 Å². The Bertz CT molecular complexity index is 1010. The predicted molar refractivity (Wildman–Crippen MR) is 121 cm³/mol. The van der Waals surface area contributed by atoms with Gasteiger partial charge >= 0.3 is 0 Å². The summed E-state index contributed by atoms with van der Waals surface area (Å²) in [6.45, 7) is 4.61. The molecular formula is C24H23Cl2NO3. The molecule has 0 fully saturated rings. The third-order valence-electron chi connectivity index (χ3n) is 4.53. The van der Waals surface area contributed by atoms with Crippen LogP contribution in [0.2, 0.25) is 10.0 Å². The normalized spacial score (nSPS) is 11.6. The Balaban J connectivity index is 1.74. The summed E-state index contributed by atoms with van der Waals surface area (Å²) < 4.78 is 11.5. The molecule has 0 aliphatic heterocycles. The van der Waals surface area contributed by atoms with E-state index in [4.69, 9.17) is 32.7 Å². The first-order valence-corrected chi connectivity index (χ1v) is 10.4. The van der Waals surface area contributed by atoms with Crippen LogP contribution in [0.25, 0.3) is 0 Å². The zero-order chi connectivity index (χ0) is 21.5. The maximum atomic E-state index is 12.8. The third kappa shape index (κ3) is 5.91. The van der Waals surface area contributed by atoms with E-state index in [0.29, 0.717) is 33.7 Å². The van der Waals surface area contributed by atoms with E-state index in [0.717, 1.165) is 11.1 Å². The highest BCUT2D eigenvalue weighted by Crippen LogP contribution is 2.25. The molecule has 0 heterocycles. The SMILES string of the molecule is CCOc1ccc(C(=O)N[C@H](C)c2ccc(Cl)cc2)cc1COc1cccc(Cl)c1. The average Bonchev–Trinajstić information content (AvgIpc) is 2.73. The molecular weight excluding hydrogens is 421 g/mol. The second-order valence-electron chi connectivity index (χ2n) is 6.75. The number of ether oxygens (including phenoxy) is 2. The van der Waals surface area contributed by atoms with Gasteiger partial charge in [0.2, 0.25) is 0 Å².